The van der Waals surface area contributed by atoms with Crippen LogP contribution in [0.4, 0.5) is 10.1 Å². The van der Waals surface area contributed by atoms with Crippen molar-refractivity contribution in [2.45, 2.75) is 6.92 Å². The second kappa shape index (κ2) is 9.59. The van der Waals surface area contributed by atoms with Gasteiger partial charge in [0.25, 0.3) is 11.8 Å². The fraction of sp³-hybridized carbons (Fsp3) is 0.100. The summed E-state index contributed by atoms with van der Waals surface area (Å²) in [4.78, 5) is 28.8. The zero-order valence-corrected chi connectivity index (χ0v) is 19.3. The van der Waals surface area contributed by atoms with Crippen molar-refractivity contribution in [1.82, 2.24) is 20.1 Å². The van der Waals surface area contributed by atoms with Crippen LogP contribution >= 0.6 is 39.1 Å². The Hall–Kier alpha value is -2.75. The van der Waals surface area contributed by atoms with Crippen LogP contribution in [0.1, 0.15) is 21.6 Å². The molecule has 1 aromatic carbocycles. The smallest absolute Gasteiger partial charge is 0.284 e. The number of amides is 2. The molecule has 0 aliphatic rings. The number of pyridine rings is 1. The first-order valence-electron chi connectivity index (χ1n) is 8.78. The van der Waals surface area contributed by atoms with Crippen molar-refractivity contribution in [1.29, 1.82) is 0 Å². The third-order valence-electron chi connectivity index (χ3n) is 4.15. The second-order valence-electron chi connectivity index (χ2n) is 6.28. The molecular formula is C20H15BrCl2FN5O2. The topological polar surface area (TPSA) is 88.9 Å². The SMILES string of the molecule is CNC(=O)c1cc(Cl)cc(C)c1NC(=O)/C(F)=C\c1cc(Br)nn1-c1ncccc1Cl. The van der Waals surface area contributed by atoms with Crippen molar-refractivity contribution >= 4 is 62.7 Å². The molecule has 3 aromatic rings. The summed E-state index contributed by atoms with van der Waals surface area (Å²) in [6.45, 7) is 1.64. The summed E-state index contributed by atoms with van der Waals surface area (Å²) in [6, 6.07) is 7.70. The van der Waals surface area contributed by atoms with Gasteiger partial charge in [-0.25, -0.2) is 14.1 Å². The number of rotatable bonds is 5. The average Bonchev–Trinajstić information content (AvgIpc) is 3.09. The van der Waals surface area contributed by atoms with Crippen molar-refractivity contribution < 1.29 is 14.0 Å². The molecule has 0 spiro atoms. The van der Waals surface area contributed by atoms with Gasteiger partial charge in [0, 0.05) is 24.3 Å². The Balaban J connectivity index is 1.96. The van der Waals surface area contributed by atoms with Crippen LogP contribution in [0.5, 0.6) is 0 Å². The van der Waals surface area contributed by atoms with E-state index >= 15 is 0 Å². The van der Waals surface area contributed by atoms with Crippen molar-refractivity contribution in [3.05, 3.63) is 73.8 Å². The first kappa shape index (κ1) is 22.9. The lowest BCUT2D eigenvalue weighted by atomic mass is 10.1. The number of hydrogen-bond acceptors (Lipinski definition) is 4. The van der Waals surface area contributed by atoms with Crippen LogP contribution in [-0.4, -0.2) is 33.6 Å². The first-order valence-corrected chi connectivity index (χ1v) is 10.3. The van der Waals surface area contributed by atoms with E-state index in [2.05, 4.69) is 36.6 Å². The average molecular weight is 527 g/mol. The normalized spacial score (nSPS) is 11.4. The van der Waals surface area contributed by atoms with Crippen molar-refractivity contribution in [3.63, 3.8) is 0 Å². The molecule has 160 valence electrons. The highest BCUT2D eigenvalue weighted by Crippen LogP contribution is 2.27. The van der Waals surface area contributed by atoms with E-state index in [9.17, 15) is 14.0 Å². The first-order chi connectivity index (χ1) is 14.7. The summed E-state index contributed by atoms with van der Waals surface area (Å²) in [5, 5.41) is 9.69. The molecule has 0 aliphatic carbocycles. The van der Waals surface area contributed by atoms with Crippen LogP contribution in [0.3, 0.4) is 0 Å². The number of carbonyl (C=O) groups is 2. The Bertz CT molecular complexity index is 1210. The van der Waals surface area contributed by atoms with Crippen molar-refractivity contribution in [3.8, 4) is 5.82 Å². The van der Waals surface area contributed by atoms with Crippen LogP contribution in [0, 0.1) is 6.92 Å². The van der Waals surface area contributed by atoms with Gasteiger partial charge in [-0.1, -0.05) is 23.2 Å². The van der Waals surface area contributed by atoms with Gasteiger partial charge in [0.05, 0.1) is 22.0 Å². The summed E-state index contributed by atoms with van der Waals surface area (Å²) < 4.78 is 16.5. The number of benzene rings is 1. The van der Waals surface area contributed by atoms with Gasteiger partial charge in [0.2, 0.25) is 0 Å². The summed E-state index contributed by atoms with van der Waals surface area (Å²) >= 11 is 15.4. The minimum atomic E-state index is -1.11. The van der Waals surface area contributed by atoms with Crippen molar-refractivity contribution in [2.24, 2.45) is 0 Å². The Kier molecular flexibility index (Phi) is 7.09. The third kappa shape index (κ3) is 5.12. The molecule has 0 aliphatic heterocycles. The summed E-state index contributed by atoms with van der Waals surface area (Å²) in [7, 11) is 1.44. The molecule has 7 nitrogen and oxygen atoms in total. The Morgan fingerprint density at radius 1 is 1.26 bits per heavy atom. The molecular weight excluding hydrogens is 512 g/mol. The lowest BCUT2D eigenvalue weighted by Gasteiger charge is -2.13. The van der Waals surface area contributed by atoms with E-state index in [1.54, 1.807) is 25.1 Å². The van der Waals surface area contributed by atoms with Crippen LogP contribution in [0.15, 0.2) is 47.0 Å². The number of anilines is 1. The minimum Gasteiger partial charge on any atom is -0.355 e. The van der Waals surface area contributed by atoms with Gasteiger partial charge in [-0.3, -0.25) is 9.59 Å². The van der Waals surface area contributed by atoms with Gasteiger partial charge in [0.1, 0.15) is 4.60 Å². The molecule has 0 bridgehead atoms. The lowest BCUT2D eigenvalue weighted by Crippen LogP contribution is -2.22. The number of aromatic nitrogens is 3. The fourth-order valence-corrected chi connectivity index (χ4v) is 3.63. The zero-order valence-electron chi connectivity index (χ0n) is 16.2. The van der Waals surface area contributed by atoms with Crippen LogP contribution in [-0.2, 0) is 4.79 Å². The Labute approximate surface area is 195 Å². The molecule has 0 saturated heterocycles. The highest BCUT2D eigenvalue weighted by Gasteiger charge is 2.19. The number of hydrogen-bond donors (Lipinski definition) is 2. The van der Waals surface area contributed by atoms with Gasteiger partial charge >= 0.3 is 0 Å². The molecule has 2 aromatic heterocycles. The van der Waals surface area contributed by atoms with Gasteiger partial charge < -0.3 is 10.6 Å². The standard InChI is InChI=1S/C20H15BrCl2FN5O2/c1-10-6-11(22)7-13(19(30)25-2)17(10)27-20(31)15(24)8-12-9-16(21)28-29(12)18-14(23)4-3-5-26-18/h3-9H,1-2H3,(H,25,30)(H,27,31)/b15-8+. The highest BCUT2D eigenvalue weighted by atomic mass is 79.9. The predicted octanol–water partition coefficient (Wildman–Crippen LogP) is 4.95. The van der Waals surface area contributed by atoms with E-state index in [4.69, 9.17) is 23.2 Å². The Morgan fingerprint density at radius 2 is 2.00 bits per heavy atom. The number of nitrogens with one attached hydrogen (secondary N) is 2. The monoisotopic (exact) mass is 525 g/mol. The third-order valence-corrected chi connectivity index (χ3v) is 5.05. The van der Waals surface area contributed by atoms with E-state index in [0.717, 1.165) is 6.08 Å². The molecule has 2 amide bonds. The molecule has 0 fully saturated rings. The van der Waals surface area contributed by atoms with Crippen LogP contribution in [0.25, 0.3) is 11.9 Å². The molecule has 11 heteroatoms. The largest absolute Gasteiger partial charge is 0.355 e. The number of nitrogens with zero attached hydrogens (tertiary/aromatic N) is 3. The van der Waals surface area contributed by atoms with Gasteiger partial charge in [-0.05, 0) is 58.7 Å². The molecule has 0 unspecified atom stereocenters. The van der Waals surface area contributed by atoms with E-state index in [-0.39, 0.29) is 22.8 Å². The fourth-order valence-electron chi connectivity index (χ4n) is 2.76. The number of carbonyl (C=O) groups excluding carboxylic acids is 2. The molecule has 0 atom stereocenters. The van der Waals surface area contributed by atoms with Crippen molar-refractivity contribution in [2.75, 3.05) is 12.4 Å². The van der Waals surface area contributed by atoms with Crippen LogP contribution in [0.2, 0.25) is 10.0 Å². The molecule has 2 N–H and O–H groups in total. The molecule has 31 heavy (non-hydrogen) atoms. The summed E-state index contributed by atoms with van der Waals surface area (Å²) in [6.07, 6.45) is 2.50. The maximum absolute atomic E-state index is 14.8. The van der Waals surface area contributed by atoms with Gasteiger partial charge in [-0.15, -0.1) is 0 Å². The summed E-state index contributed by atoms with van der Waals surface area (Å²) in [5.41, 5.74) is 0.987. The van der Waals surface area contributed by atoms with E-state index in [1.807, 2.05) is 0 Å². The Morgan fingerprint density at radius 3 is 2.68 bits per heavy atom. The second-order valence-corrected chi connectivity index (χ2v) is 7.94. The quantitative estimate of drug-likeness (QED) is 0.460. The number of aryl methyl sites for hydroxylation is 1. The number of halogens is 4. The predicted molar refractivity (Wildman–Crippen MR) is 121 cm³/mol. The molecule has 0 radical (unpaired) electrons. The van der Waals surface area contributed by atoms with Crippen LogP contribution < -0.4 is 10.6 Å². The van der Waals surface area contributed by atoms with E-state index in [1.165, 1.54) is 30.1 Å². The maximum Gasteiger partial charge on any atom is 0.284 e. The maximum atomic E-state index is 14.8. The zero-order chi connectivity index (χ0) is 22.7. The van der Waals surface area contributed by atoms with Gasteiger partial charge in [-0.2, -0.15) is 5.10 Å². The highest BCUT2D eigenvalue weighted by molar-refractivity contribution is 9.10. The van der Waals surface area contributed by atoms with E-state index in [0.29, 0.717) is 20.2 Å². The lowest BCUT2D eigenvalue weighted by molar-refractivity contribution is -0.114. The van der Waals surface area contributed by atoms with Gasteiger partial charge in [0.15, 0.2) is 11.6 Å². The molecule has 2 heterocycles. The molecule has 3 rings (SSSR count). The minimum absolute atomic E-state index is 0.113. The molecule has 0 saturated carbocycles. The van der Waals surface area contributed by atoms with E-state index < -0.39 is 17.6 Å². The summed E-state index contributed by atoms with van der Waals surface area (Å²) in [5.74, 6) is -2.37.